The van der Waals surface area contributed by atoms with Crippen molar-refractivity contribution in [1.82, 2.24) is 16.0 Å². The number of nitrogens with zero attached hydrogens (tertiary/aromatic N) is 1. The van der Waals surface area contributed by atoms with Crippen LogP contribution in [0, 0.1) is 0 Å². The number of carbonyl (C=O) groups is 1. The van der Waals surface area contributed by atoms with E-state index < -0.39 is 0 Å². The summed E-state index contributed by atoms with van der Waals surface area (Å²) >= 11 is 0. The lowest BCUT2D eigenvalue weighted by Crippen LogP contribution is -2.37. The van der Waals surface area contributed by atoms with Gasteiger partial charge in [-0.15, -0.1) is 24.0 Å². The summed E-state index contributed by atoms with van der Waals surface area (Å²) in [4.78, 5) is 16.5. The number of unbranched alkanes of at least 4 members (excludes halogenated alkanes) is 1. The molecule has 1 atom stereocenters. The quantitative estimate of drug-likeness (QED) is 0.176. The Morgan fingerprint density at radius 2 is 1.93 bits per heavy atom. The number of carbonyl (C=O) groups excluding carboxylic acids is 1. The zero-order valence-corrected chi connectivity index (χ0v) is 20.0. The number of hydrogen-bond acceptors (Lipinski definition) is 3. The van der Waals surface area contributed by atoms with Crippen LogP contribution in [0.5, 0.6) is 0 Å². The smallest absolute Gasteiger partial charge is 0.251 e. The molecule has 0 radical (unpaired) electrons. The molecular formula is C21H37IN4O2. The third-order valence-electron chi connectivity index (χ3n) is 4.26. The van der Waals surface area contributed by atoms with E-state index in [2.05, 4.69) is 34.8 Å². The monoisotopic (exact) mass is 504 g/mol. The lowest BCUT2D eigenvalue weighted by atomic mass is 10.1. The van der Waals surface area contributed by atoms with Gasteiger partial charge in [0.25, 0.3) is 5.91 Å². The van der Waals surface area contributed by atoms with Crippen LogP contribution in [0.2, 0.25) is 0 Å². The van der Waals surface area contributed by atoms with Crippen molar-refractivity contribution in [2.24, 2.45) is 4.99 Å². The van der Waals surface area contributed by atoms with Crippen molar-refractivity contribution in [1.29, 1.82) is 0 Å². The Bertz CT molecular complexity index is 581. The van der Waals surface area contributed by atoms with E-state index in [4.69, 9.17) is 4.74 Å². The van der Waals surface area contributed by atoms with Gasteiger partial charge in [-0.2, -0.15) is 0 Å². The Balaban J connectivity index is 0.00000729. The third-order valence-corrected chi connectivity index (χ3v) is 4.26. The Labute approximate surface area is 187 Å². The van der Waals surface area contributed by atoms with Crippen LogP contribution < -0.4 is 16.0 Å². The Morgan fingerprint density at radius 1 is 1.18 bits per heavy atom. The molecule has 0 spiro atoms. The molecule has 0 aliphatic rings. The fourth-order valence-corrected chi connectivity index (χ4v) is 2.37. The summed E-state index contributed by atoms with van der Waals surface area (Å²) in [6.07, 6.45) is 4.13. The zero-order valence-electron chi connectivity index (χ0n) is 17.7. The van der Waals surface area contributed by atoms with Gasteiger partial charge in [0.15, 0.2) is 5.96 Å². The fourth-order valence-electron chi connectivity index (χ4n) is 2.37. The van der Waals surface area contributed by atoms with E-state index in [1.807, 2.05) is 31.2 Å². The molecule has 0 saturated heterocycles. The van der Waals surface area contributed by atoms with Gasteiger partial charge in [-0.1, -0.05) is 32.4 Å². The predicted molar refractivity (Wildman–Crippen MR) is 128 cm³/mol. The van der Waals surface area contributed by atoms with Gasteiger partial charge >= 0.3 is 0 Å². The predicted octanol–water partition coefficient (Wildman–Crippen LogP) is 3.70. The van der Waals surface area contributed by atoms with Crippen LogP contribution in [-0.4, -0.2) is 44.7 Å². The maximum absolute atomic E-state index is 12.2. The lowest BCUT2D eigenvalue weighted by molar-refractivity contribution is 0.0939. The van der Waals surface area contributed by atoms with Gasteiger partial charge in [0, 0.05) is 45.0 Å². The maximum Gasteiger partial charge on any atom is 0.251 e. The molecular weight excluding hydrogens is 467 g/mol. The molecule has 1 rings (SSSR count). The van der Waals surface area contributed by atoms with E-state index in [1.54, 1.807) is 7.05 Å². The van der Waals surface area contributed by atoms with E-state index in [1.165, 1.54) is 0 Å². The van der Waals surface area contributed by atoms with Gasteiger partial charge in [0.1, 0.15) is 0 Å². The Morgan fingerprint density at radius 3 is 2.61 bits per heavy atom. The first-order valence-electron chi connectivity index (χ1n) is 10.0. The lowest BCUT2D eigenvalue weighted by Gasteiger charge is -2.14. The summed E-state index contributed by atoms with van der Waals surface area (Å²) in [6, 6.07) is 7.84. The topological polar surface area (TPSA) is 74.8 Å². The average Bonchev–Trinajstić information content (AvgIpc) is 2.69. The standard InChI is InChI=1S/C21H36N4O2.HI/c1-5-7-13-27-14-9-12-23-21(22-4)24-16-18-10-8-11-19(15-18)20(26)25-17(3)6-2;/h8,10-11,15,17H,5-7,9,12-14,16H2,1-4H3,(H,25,26)(H2,22,23,24);1H. The highest BCUT2D eigenvalue weighted by atomic mass is 127. The van der Waals surface area contributed by atoms with Crippen LogP contribution in [0.1, 0.15) is 62.4 Å². The second-order valence-corrected chi connectivity index (χ2v) is 6.66. The van der Waals surface area contributed by atoms with Crippen LogP contribution in [0.4, 0.5) is 0 Å². The van der Waals surface area contributed by atoms with E-state index in [9.17, 15) is 4.79 Å². The molecule has 160 valence electrons. The van der Waals surface area contributed by atoms with Crippen LogP contribution in [0.25, 0.3) is 0 Å². The number of ether oxygens (including phenoxy) is 1. The van der Waals surface area contributed by atoms with Crippen molar-refractivity contribution in [3.8, 4) is 0 Å². The SMILES string of the molecule is CCCCOCCCNC(=NC)NCc1cccc(C(=O)NC(C)CC)c1.I. The molecule has 1 aromatic rings. The molecule has 1 aromatic carbocycles. The second-order valence-electron chi connectivity index (χ2n) is 6.66. The number of amides is 1. The summed E-state index contributed by atoms with van der Waals surface area (Å²) in [6.45, 7) is 9.24. The number of benzene rings is 1. The van der Waals surface area contributed by atoms with Gasteiger partial charge in [-0.05, 0) is 43.9 Å². The molecule has 0 saturated carbocycles. The zero-order chi connectivity index (χ0) is 19.9. The highest BCUT2D eigenvalue weighted by molar-refractivity contribution is 14.0. The molecule has 28 heavy (non-hydrogen) atoms. The summed E-state index contributed by atoms with van der Waals surface area (Å²) in [7, 11) is 1.75. The van der Waals surface area contributed by atoms with Crippen molar-refractivity contribution in [3.05, 3.63) is 35.4 Å². The van der Waals surface area contributed by atoms with Crippen molar-refractivity contribution < 1.29 is 9.53 Å². The minimum Gasteiger partial charge on any atom is -0.381 e. The molecule has 0 heterocycles. The minimum absolute atomic E-state index is 0. The van der Waals surface area contributed by atoms with Crippen molar-refractivity contribution in [2.45, 2.75) is 59.0 Å². The van der Waals surface area contributed by atoms with Crippen LogP contribution in [0.3, 0.4) is 0 Å². The van der Waals surface area contributed by atoms with E-state index >= 15 is 0 Å². The van der Waals surface area contributed by atoms with Gasteiger partial charge < -0.3 is 20.7 Å². The molecule has 6 nitrogen and oxygen atoms in total. The third kappa shape index (κ3) is 11.5. The molecule has 0 aromatic heterocycles. The number of hydrogen-bond donors (Lipinski definition) is 3. The number of nitrogens with one attached hydrogen (secondary N) is 3. The average molecular weight is 504 g/mol. The summed E-state index contributed by atoms with van der Waals surface area (Å²) in [5.74, 6) is 0.717. The molecule has 7 heteroatoms. The van der Waals surface area contributed by atoms with Gasteiger partial charge in [0.2, 0.25) is 0 Å². The Kier molecular flexibility index (Phi) is 15.8. The number of halogens is 1. The number of aliphatic imine (C=N–C) groups is 1. The second kappa shape index (κ2) is 16.6. The van der Waals surface area contributed by atoms with Crippen LogP contribution >= 0.6 is 24.0 Å². The van der Waals surface area contributed by atoms with E-state index in [0.717, 1.165) is 57.0 Å². The highest BCUT2D eigenvalue weighted by Crippen LogP contribution is 2.06. The summed E-state index contributed by atoms with van der Waals surface area (Å²) in [5.41, 5.74) is 1.72. The first-order chi connectivity index (χ1) is 13.1. The Hall–Kier alpha value is -1.35. The minimum atomic E-state index is -0.0308. The summed E-state index contributed by atoms with van der Waals surface area (Å²) in [5, 5.41) is 9.56. The van der Waals surface area contributed by atoms with Crippen molar-refractivity contribution >= 4 is 35.8 Å². The first-order valence-corrected chi connectivity index (χ1v) is 10.0. The van der Waals surface area contributed by atoms with Crippen molar-refractivity contribution in [3.63, 3.8) is 0 Å². The normalized spacial score (nSPS) is 12.1. The largest absolute Gasteiger partial charge is 0.381 e. The summed E-state index contributed by atoms with van der Waals surface area (Å²) < 4.78 is 5.55. The van der Waals surface area contributed by atoms with Gasteiger partial charge in [-0.3, -0.25) is 9.79 Å². The number of rotatable bonds is 12. The molecule has 0 bridgehead atoms. The maximum atomic E-state index is 12.2. The molecule has 1 unspecified atom stereocenters. The van der Waals surface area contributed by atoms with Crippen LogP contribution in [-0.2, 0) is 11.3 Å². The first kappa shape index (κ1) is 26.6. The molecule has 1 amide bonds. The molecule has 0 fully saturated rings. The molecule has 0 aliphatic heterocycles. The highest BCUT2D eigenvalue weighted by Gasteiger charge is 2.09. The van der Waals surface area contributed by atoms with Crippen molar-refractivity contribution in [2.75, 3.05) is 26.8 Å². The molecule has 0 aliphatic carbocycles. The van der Waals surface area contributed by atoms with E-state index in [0.29, 0.717) is 12.1 Å². The van der Waals surface area contributed by atoms with Gasteiger partial charge in [-0.25, -0.2) is 0 Å². The molecule has 3 N–H and O–H groups in total. The van der Waals surface area contributed by atoms with E-state index in [-0.39, 0.29) is 35.9 Å². The van der Waals surface area contributed by atoms with Gasteiger partial charge in [0.05, 0.1) is 0 Å². The fraction of sp³-hybridized carbons (Fsp3) is 0.619. The number of guanidine groups is 1. The van der Waals surface area contributed by atoms with Crippen LogP contribution in [0.15, 0.2) is 29.3 Å².